The standard InChI is InChI=1S/C14H15ClN4O/c1-18(13-7-4-6-12(15)16-13)14(20)11-9-10-5-2-3-8-19(10)17-11/h4,6-7,9H,2-3,5,8H2,1H3. The quantitative estimate of drug-likeness (QED) is 0.799. The van der Waals surface area contributed by atoms with E-state index < -0.39 is 0 Å². The Morgan fingerprint density at radius 2 is 2.25 bits per heavy atom. The summed E-state index contributed by atoms with van der Waals surface area (Å²) in [5, 5.41) is 4.75. The van der Waals surface area contributed by atoms with Crippen molar-refractivity contribution in [3.8, 4) is 0 Å². The monoisotopic (exact) mass is 290 g/mol. The highest BCUT2D eigenvalue weighted by Gasteiger charge is 2.21. The first-order valence-electron chi connectivity index (χ1n) is 6.62. The molecular formula is C14H15ClN4O. The van der Waals surface area contributed by atoms with Crippen LogP contribution in [0.25, 0.3) is 0 Å². The van der Waals surface area contributed by atoms with Crippen molar-refractivity contribution < 1.29 is 4.79 Å². The Morgan fingerprint density at radius 1 is 1.40 bits per heavy atom. The normalized spacial score (nSPS) is 13.9. The number of pyridine rings is 1. The topological polar surface area (TPSA) is 51.0 Å². The van der Waals surface area contributed by atoms with Gasteiger partial charge in [0.15, 0.2) is 5.69 Å². The molecule has 0 saturated carbocycles. The van der Waals surface area contributed by atoms with E-state index >= 15 is 0 Å². The molecule has 20 heavy (non-hydrogen) atoms. The molecule has 1 aliphatic heterocycles. The molecule has 2 aromatic heterocycles. The van der Waals surface area contributed by atoms with Crippen molar-refractivity contribution in [3.05, 3.63) is 40.8 Å². The van der Waals surface area contributed by atoms with Crippen molar-refractivity contribution in [2.24, 2.45) is 0 Å². The van der Waals surface area contributed by atoms with Gasteiger partial charge < -0.3 is 0 Å². The van der Waals surface area contributed by atoms with Crippen LogP contribution < -0.4 is 4.90 Å². The van der Waals surface area contributed by atoms with Crippen LogP contribution in [0.4, 0.5) is 5.82 Å². The highest BCUT2D eigenvalue weighted by atomic mass is 35.5. The van der Waals surface area contributed by atoms with Gasteiger partial charge in [-0.15, -0.1) is 0 Å². The van der Waals surface area contributed by atoms with Gasteiger partial charge in [0.1, 0.15) is 11.0 Å². The largest absolute Gasteiger partial charge is 0.294 e. The second kappa shape index (κ2) is 5.25. The molecular weight excluding hydrogens is 276 g/mol. The minimum Gasteiger partial charge on any atom is -0.294 e. The van der Waals surface area contributed by atoms with Crippen LogP contribution in [-0.2, 0) is 13.0 Å². The summed E-state index contributed by atoms with van der Waals surface area (Å²) in [4.78, 5) is 18.1. The smallest absolute Gasteiger partial charge is 0.279 e. The number of amides is 1. The molecule has 104 valence electrons. The number of hydrogen-bond donors (Lipinski definition) is 0. The molecule has 1 aliphatic rings. The number of halogens is 1. The van der Waals surface area contributed by atoms with E-state index in [9.17, 15) is 4.79 Å². The van der Waals surface area contributed by atoms with Crippen LogP contribution in [0, 0.1) is 0 Å². The number of carbonyl (C=O) groups is 1. The lowest BCUT2D eigenvalue weighted by atomic mass is 10.1. The second-order valence-electron chi connectivity index (χ2n) is 4.88. The van der Waals surface area contributed by atoms with Crippen LogP contribution in [-0.4, -0.2) is 27.7 Å². The number of aryl methyl sites for hydroxylation is 2. The van der Waals surface area contributed by atoms with Crippen molar-refractivity contribution in [3.63, 3.8) is 0 Å². The van der Waals surface area contributed by atoms with Crippen molar-refractivity contribution in [1.82, 2.24) is 14.8 Å². The lowest BCUT2D eigenvalue weighted by Gasteiger charge is -2.14. The summed E-state index contributed by atoms with van der Waals surface area (Å²) in [7, 11) is 1.68. The fourth-order valence-corrected chi connectivity index (χ4v) is 2.54. The Balaban J connectivity index is 1.86. The average molecular weight is 291 g/mol. The maximum absolute atomic E-state index is 12.4. The summed E-state index contributed by atoms with van der Waals surface area (Å²) in [6.07, 6.45) is 3.26. The molecule has 3 heterocycles. The summed E-state index contributed by atoms with van der Waals surface area (Å²) >= 11 is 5.85. The third-order valence-electron chi connectivity index (χ3n) is 3.48. The summed E-state index contributed by atoms with van der Waals surface area (Å²) in [5.74, 6) is 0.357. The molecule has 3 rings (SSSR count). The van der Waals surface area contributed by atoms with Gasteiger partial charge in [-0.1, -0.05) is 17.7 Å². The third kappa shape index (κ3) is 2.41. The fraction of sp³-hybridized carbons (Fsp3) is 0.357. The van der Waals surface area contributed by atoms with Crippen LogP contribution in [0.1, 0.15) is 29.0 Å². The van der Waals surface area contributed by atoms with Crippen molar-refractivity contribution in [2.75, 3.05) is 11.9 Å². The predicted molar refractivity (Wildman–Crippen MR) is 77.1 cm³/mol. The van der Waals surface area contributed by atoms with E-state index in [2.05, 4.69) is 10.1 Å². The van der Waals surface area contributed by atoms with Crippen LogP contribution in [0.15, 0.2) is 24.3 Å². The summed E-state index contributed by atoms with van der Waals surface area (Å²) in [5.41, 5.74) is 1.60. The van der Waals surface area contributed by atoms with Gasteiger partial charge in [-0.2, -0.15) is 5.10 Å². The number of carbonyl (C=O) groups excluding carboxylic acids is 1. The number of aromatic nitrogens is 3. The molecule has 2 aromatic rings. The van der Waals surface area contributed by atoms with Crippen LogP contribution in [0.2, 0.25) is 5.15 Å². The average Bonchev–Trinajstić information content (AvgIpc) is 2.89. The second-order valence-corrected chi connectivity index (χ2v) is 5.27. The third-order valence-corrected chi connectivity index (χ3v) is 3.69. The Kier molecular flexibility index (Phi) is 3.44. The van der Waals surface area contributed by atoms with Crippen LogP contribution >= 0.6 is 11.6 Å². The first-order chi connectivity index (χ1) is 9.65. The van der Waals surface area contributed by atoms with Gasteiger partial charge in [0.25, 0.3) is 5.91 Å². The predicted octanol–water partition coefficient (Wildman–Crippen LogP) is 2.54. The molecule has 0 unspecified atom stereocenters. The van der Waals surface area contributed by atoms with Crippen LogP contribution in [0.5, 0.6) is 0 Å². The van der Waals surface area contributed by atoms with E-state index in [-0.39, 0.29) is 5.91 Å². The minimum absolute atomic E-state index is 0.165. The summed E-state index contributed by atoms with van der Waals surface area (Å²) in [6.45, 7) is 0.891. The first kappa shape index (κ1) is 13.1. The van der Waals surface area contributed by atoms with E-state index in [0.29, 0.717) is 16.7 Å². The molecule has 0 N–H and O–H groups in total. The maximum atomic E-state index is 12.4. The van der Waals surface area contributed by atoms with Crippen molar-refractivity contribution >= 4 is 23.3 Å². The molecule has 0 atom stereocenters. The molecule has 1 amide bonds. The molecule has 0 fully saturated rings. The zero-order valence-electron chi connectivity index (χ0n) is 11.2. The lowest BCUT2D eigenvalue weighted by Crippen LogP contribution is -2.27. The Morgan fingerprint density at radius 3 is 3.00 bits per heavy atom. The van der Waals surface area contributed by atoms with E-state index in [1.807, 2.05) is 10.7 Å². The number of hydrogen-bond acceptors (Lipinski definition) is 3. The molecule has 0 aliphatic carbocycles. The Bertz CT molecular complexity index is 629. The molecule has 6 heteroatoms. The molecule has 0 bridgehead atoms. The minimum atomic E-state index is -0.165. The van der Waals surface area contributed by atoms with E-state index in [1.54, 1.807) is 25.2 Å². The highest BCUT2D eigenvalue weighted by molar-refractivity contribution is 6.29. The fourth-order valence-electron chi connectivity index (χ4n) is 2.38. The van der Waals surface area contributed by atoms with Crippen molar-refractivity contribution in [2.45, 2.75) is 25.8 Å². The van der Waals surface area contributed by atoms with Gasteiger partial charge in [0, 0.05) is 19.3 Å². The van der Waals surface area contributed by atoms with Gasteiger partial charge in [0.2, 0.25) is 0 Å². The highest BCUT2D eigenvalue weighted by Crippen LogP contribution is 2.18. The summed E-state index contributed by atoms with van der Waals surface area (Å²) in [6, 6.07) is 7.08. The maximum Gasteiger partial charge on any atom is 0.279 e. The van der Waals surface area contributed by atoms with E-state index in [0.717, 1.165) is 31.5 Å². The first-order valence-corrected chi connectivity index (χ1v) is 7.00. The number of nitrogens with zero attached hydrogens (tertiary/aromatic N) is 4. The molecule has 0 spiro atoms. The molecule has 0 aromatic carbocycles. The lowest BCUT2D eigenvalue weighted by molar-refractivity contribution is 0.0986. The Labute approximate surface area is 122 Å². The van der Waals surface area contributed by atoms with Crippen molar-refractivity contribution in [1.29, 1.82) is 0 Å². The van der Waals surface area contributed by atoms with Gasteiger partial charge in [-0.05, 0) is 37.5 Å². The van der Waals surface area contributed by atoms with E-state index in [4.69, 9.17) is 11.6 Å². The molecule has 0 radical (unpaired) electrons. The number of anilines is 1. The Hall–Kier alpha value is -1.88. The summed E-state index contributed by atoms with van der Waals surface area (Å²) < 4.78 is 1.93. The zero-order chi connectivity index (χ0) is 14.1. The van der Waals surface area contributed by atoms with Gasteiger partial charge in [0.05, 0.1) is 0 Å². The van der Waals surface area contributed by atoms with Gasteiger partial charge >= 0.3 is 0 Å². The van der Waals surface area contributed by atoms with Gasteiger partial charge in [-0.25, -0.2) is 4.98 Å². The zero-order valence-corrected chi connectivity index (χ0v) is 12.0. The van der Waals surface area contributed by atoms with E-state index in [1.165, 1.54) is 4.90 Å². The molecule has 5 nitrogen and oxygen atoms in total. The SMILES string of the molecule is CN(C(=O)c1cc2n(n1)CCCC2)c1cccc(Cl)n1. The molecule has 0 saturated heterocycles. The van der Waals surface area contributed by atoms with Gasteiger partial charge in [-0.3, -0.25) is 14.4 Å². The number of rotatable bonds is 2. The number of fused-ring (bicyclic) bond motifs is 1. The van der Waals surface area contributed by atoms with Crippen LogP contribution in [0.3, 0.4) is 0 Å².